The number of fused-ring (bicyclic) bond motifs is 3. The molecule has 3 heterocycles. The van der Waals surface area contributed by atoms with Crippen molar-refractivity contribution in [2.45, 2.75) is 48.4 Å². The number of aromatic nitrogens is 2. The fourth-order valence-corrected chi connectivity index (χ4v) is 5.37. The van der Waals surface area contributed by atoms with Crippen molar-refractivity contribution in [3.05, 3.63) is 52.6 Å². The van der Waals surface area contributed by atoms with E-state index in [-0.39, 0.29) is 18.2 Å². The molecular weight excluding hydrogens is 387 g/mol. The van der Waals surface area contributed by atoms with Crippen LogP contribution in [0.1, 0.15) is 36.4 Å². The molecule has 1 N–H and O–H groups in total. The number of pyridine rings is 1. The molecule has 0 aliphatic carbocycles. The minimum atomic E-state index is -0.806. The van der Waals surface area contributed by atoms with Gasteiger partial charge in [-0.25, -0.2) is 9.37 Å². The number of benzene rings is 1. The highest BCUT2D eigenvalue weighted by molar-refractivity contribution is 7.99. The summed E-state index contributed by atoms with van der Waals surface area (Å²) < 4.78 is 15.6. The number of carbonyl (C=O) groups is 1. The van der Waals surface area contributed by atoms with Gasteiger partial charge in [-0.3, -0.25) is 4.79 Å². The first-order valence-corrected chi connectivity index (χ1v) is 9.97. The van der Waals surface area contributed by atoms with Gasteiger partial charge in [-0.1, -0.05) is 23.4 Å². The van der Waals surface area contributed by atoms with E-state index in [1.807, 2.05) is 13.0 Å². The summed E-state index contributed by atoms with van der Waals surface area (Å²) in [5.74, 6) is -1.26. The van der Waals surface area contributed by atoms with Crippen LogP contribution < -0.4 is 0 Å². The molecule has 1 aliphatic heterocycles. The molecule has 1 atom stereocenters. The second-order valence-electron chi connectivity index (χ2n) is 6.81. The molecule has 0 bridgehead atoms. The maximum absolute atomic E-state index is 13.4. The predicted molar refractivity (Wildman–Crippen MR) is 104 cm³/mol. The van der Waals surface area contributed by atoms with E-state index in [0.29, 0.717) is 5.02 Å². The molecule has 2 aromatic heterocycles. The average molecular weight is 405 g/mol. The highest BCUT2D eigenvalue weighted by Gasteiger charge is 2.30. The van der Waals surface area contributed by atoms with Crippen LogP contribution in [0.2, 0.25) is 5.02 Å². The van der Waals surface area contributed by atoms with E-state index in [4.69, 9.17) is 11.6 Å². The van der Waals surface area contributed by atoms with Gasteiger partial charge < -0.3 is 9.67 Å². The first-order chi connectivity index (χ1) is 13.0. The van der Waals surface area contributed by atoms with Crippen molar-refractivity contribution in [1.82, 2.24) is 9.55 Å². The van der Waals surface area contributed by atoms with Crippen LogP contribution in [-0.4, -0.2) is 20.6 Å². The Morgan fingerprint density at radius 2 is 2.26 bits per heavy atom. The summed E-state index contributed by atoms with van der Waals surface area (Å²) in [6.07, 6.45) is 3.61. The van der Waals surface area contributed by atoms with Crippen LogP contribution in [0.25, 0.3) is 11.0 Å². The van der Waals surface area contributed by atoms with Gasteiger partial charge in [-0.2, -0.15) is 0 Å². The van der Waals surface area contributed by atoms with E-state index in [1.54, 1.807) is 12.3 Å². The van der Waals surface area contributed by atoms with Crippen LogP contribution in [0, 0.1) is 12.7 Å². The molecule has 1 unspecified atom stereocenters. The minimum absolute atomic E-state index is 0.0772. The molecule has 4 nitrogen and oxygen atoms in total. The molecule has 7 heteroatoms. The van der Waals surface area contributed by atoms with Crippen molar-refractivity contribution in [3.8, 4) is 0 Å². The van der Waals surface area contributed by atoms with Crippen LogP contribution >= 0.6 is 23.4 Å². The van der Waals surface area contributed by atoms with E-state index in [9.17, 15) is 14.3 Å². The Morgan fingerprint density at radius 1 is 1.44 bits per heavy atom. The number of carboxylic acids is 1. The van der Waals surface area contributed by atoms with Gasteiger partial charge in [0.1, 0.15) is 11.5 Å². The SMILES string of the molecule is Cc1ccnc2c1c(Sc1ccc(F)cc1Cl)c1n2CCCC1CC(=O)O. The Morgan fingerprint density at radius 3 is 3.00 bits per heavy atom. The van der Waals surface area contributed by atoms with Crippen molar-refractivity contribution in [2.75, 3.05) is 0 Å². The minimum Gasteiger partial charge on any atom is -0.481 e. The van der Waals surface area contributed by atoms with Gasteiger partial charge in [0.25, 0.3) is 0 Å². The number of halogens is 2. The second-order valence-corrected chi connectivity index (χ2v) is 8.27. The van der Waals surface area contributed by atoms with Crippen LogP contribution in [0.5, 0.6) is 0 Å². The number of aryl methyl sites for hydroxylation is 2. The first kappa shape index (κ1) is 18.3. The van der Waals surface area contributed by atoms with Gasteiger partial charge >= 0.3 is 5.97 Å². The monoisotopic (exact) mass is 404 g/mol. The fourth-order valence-electron chi connectivity index (χ4n) is 3.84. The van der Waals surface area contributed by atoms with Gasteiger partial charge in [-0.15, -0.1) is 0 Å². The zero-order valence-corrected chi connectivity index (χ0v) is 16.3. The van der Waals surface area contributed by atoms with E-state index in [2.05, 4.69) is 9.55 Å². The lowest BCUT2D eigenvalue weighted by molar-refractivity contribution is -0.137. The summed E-state index contributed by atoms with van der Waals surface area (Å²) in [5.41, 5.74) is 2.96. The normalized spacial score (nSPS) is 16.5. The van der Waals surface area contributed by atoms with Crippen LogP contribution in [0.15, 0.2) is 40.3 Å². The third kappa shape index (κ3) is 3.32. The van der Waals surface area contributed by atoms with E-state index in [1.165, 1.54) is 23.9 Å². The highest BCUT2D eigenvalue weighted by atomic mass is 35.5. The lowest BCUT2D eigenvalue weighted by Crippen LogP contribution is -2.18. The van der Waals surface area contributed by atoms with Crippen LogP contribution in [-0.2, 0) is 11.3 Å². The van der Waals surface area contributed by atoms with E-state index in [0.717, 1.165) is 51.5 Å². The number of nitrogens with zero attached hydrogens (tertiary/aromatic N) is 2. The summed E-state index contributed by atoms with van der Waals surface area (Å²) in [4.78, 5) is 17.7. The average Bonchev–Trinajstić information content (AvgIpc) is 2.93. The van der Waals surface area contributed by atoms with Crippen LogP contribution in [0.3, 0.4) is 0 Å². The first-order valence-electron chi connectivity index (χ1n) is 8.78. The molecule has 4 rings (SSSR count). The number of aliphatic carboxylic acids is 1. The molecule has 0 saturated carbocycles. The molecule has 140 valence electrons. The quantitative estimate of drug-likeness (QED) is 0.611. The van der Waals surface area contributed by atoms with Crippen molar-refractivity contribution in [2.24, 2.45) is 0 Å². The molecule has 0 spiro atoms. The van der Waals surface area contributed by atoms with E-state index >= 15 is 0 Å². The van der Waals surface area contributed by atoms with Gasteiger partial charge in [-0.05, 0) is 49.6 Å². The Balaban J connectivity index is 1.93. The summed E-state index contributed by atoms with van der Waals surface area (Å²) in [6.45, 7) is 2.84. The molecule has 27 heavy (non-hydrogen) atoms. The molecule has 3 aromatic rings. The Kier molecular flexibility index (Phi) is 4.86. The van der Waals surface area contributed by atoms with Gasteiger partial charge in [0, 0.05) is 39.5 Å². The van der Waals surface area contributed by atoms with Gasteiger partial charge in [0.05, 0.1) is 11.4 Å². The van der Waals surface area contributed by atoms with Crippen molar-refractivity contribution in [1.29, 1.82) is 0 Å². The number of hydrogen-bond acceptors (Lipinski definition) is 3. The maximum atomic E-state index is 13.4. The predicted octanol–water partition coefficient (Wildman–Crippen LogP) is 5.64. The lowest BCUT2D eigenvalue weighted by Gasteiger charge is -2.25. The summed E-state index contributed by atoms with van der Waals surface area (Å²) in [5, 5.41) is 10.8. The largest absolute Gasteiger partial charge is 0.481 e. The molecule has 0 amide bonds. The molecule has 0 fully saturated rings. The lowest BCUT2D eigenvalue weighted by atomic mass is 9.92. The number of hydrogen-bond donors (Lipinski definition) is 1. The standard InChI is InChI=1S/C20H18ClFN2O2S/c1-11-6-7-23-20-17(11)19(27-15-5-4-13(22)10-14(15)21)18-12(9-16(25)26)3-2-8-24(18)20/h4-7,10,12H,2-3,8-9H2,1H3,(H,25,26). The zero-order chi connectivity index (χ0) is 19.1. The van der Waals surface area contributed by atoms with Crippen molar-refractivity contribution >= 4 is 40.4 Å². The third-order valence-corrected chi connectivity index (χ3v) is 6.61. The maximum Gasteiger partial charge on any atom is 0.304 e. The molecule has 0 saturated heterocycles. The summed E-state index contributed by atoms with van der Waals surface area (Å²) >= 11 is 7.73. The summed E-state index contributed by atoms with van der Waals surface area (Å²) in [7, 11) is 0. The van der Waals surface area contributed by atoms with Crippen LogP contribution in [0.4, 0.5) is 4.39 Å². The smallest absolute Gasteiger partial charge is 0.304 e. The second kappa shape index (κ2) is 7.17. The Labute approximate surface area is 165 Å². The molecule has 1 aliphatic rings. The highest BCUT2D eigenvalue weighted by Crippen LogP contribution is 2.47. The topological polar surface area (TPSA) is 55.1 Å². The van der Waals surface area contributed by atoms with E-state index < -0.39 is 5.97 Å². The molecular formula is C20H18ClFN2O2S. The summed E-state index contributed by atoms with van der Waals surface area (Å²) in [6, 6.07) is 6.31. The van der Waals surface area contributed by atoms with Gasteiger partial charge in [0.2, 0.25) is 0 Å². The number of carboxylic acid groups (broad SMARTS) is 1. The van der Waals surface area contributed by atoms with Crippen molar-refractivity contribution < 1.29 is 14.3 Å². The van der Waals surface area contributed by atoms with Gasteiger partial charge in [0.15, 0.2) is 0 Å². The zero-order valence-electron chi connectivity index (χ0n) is 14.7. The van der Waals surface area contributed by atoms with Crippen molar-refractivity contribution in [3.63, 3.8) is 0 Å². The Hall–Kier alpha value is -2.05. The fraction of sp³-hybridized carbons (Fsp3) is 0.300. The number of rotatable bonds is 4. The molecule has 1 aromatic carbocycles. The Bertz CT molecular complexity index is 1050. The third-order valence-electron chi connectivity index (χ3n) is 4.99. The molecule has 0 radical (unpaired) electrons.